The number of carbonyl (C=O) groups excluding carboxylic acids is 1. The van der Waals surface area contributed by atoms with Crippen LogP contribution in [0.1, 0.15) is 36.7 Å². The Bertz CT molecular complexity index is 727. The van der Waals surface area contributed by atoms with Gasteiger partial charge in [0.2, 0.25) is 11.7 Å². The van der Waals surface area contributed by atoms with Gasteiger partial charge in [-0.2, -0.15) is 13.2 Å². The minimum atomic E-state index is -4.51. The maximum atomic E-state index is 13.3. The van der Waals surface area contributed by atoms with Crippen molar-refractivity contribution in [1.29, 1.82) is 0 Å². The second kappa shape index (κ2) is 5.80. The molecule has 1 saturated heterocycles. The van der Waals surface area contributed by atoms with E-state index in [2.05, 4.69) is 9.97 Å². The van der Waals surface area contributed by atoms with Crippen LogP contribution in [0.15, 0.2) is 18.5 Å². The predicted octanol–water partition coefficient (Wildman–Crippen LogP) is 1.76. The summed E-state index contributed by atoms with van der Waals surface area (Å²) < 4.78 is 40.8. The Morgan fingerprint density at radius 1 is 1.39 bits per heavy atom. The first-order chi connectivity index (χ1) is 10.9. The lowest BCUT2D eigenvalue weighted by Gasteiger charge is -2.34. The van der Waals surface area contributed by atoms with Gasteiger partial charge in [-0.15, -0.1) is 0 Å². The van der Waals surface area contributed by atoms with Crippen molar-refractivity contribution in [2.45, 2.75) is 31.5 Å². The number of fused-ring (bicyclic) bond motifs is 1. The lowest BCUT2D eigenvalue weighted by Crippen LogP contribution is -2.40. The summed E-state index contributed by atoms with van der Waals surface area (Å²) in [5.74, 6) is -0.505. The van der Waals surface area contributed by atoms with Crippen LogP contribution in [0.4, 0.5) is 13.2 Å². The van der Waals surface area contributed by atoms with Crippen LogP contribution in [0.2, 0.25) is 0 Å². The number of halogens is 3. The Balaban J connectivity index is 2.05. The van der Waals surface area contributed by atoms with Crippen LogP contribution in [0, 0.1) is 0 Å². The minimum Gasteiger partial charge on any atom is -0.369 e. The zero-order valence-corrected chi connectivity index (χ0v) is 12.3. The fraction of sp³-hybridized carbons (Fsp3) is 0.500. The Morgan fingerprint density at radius 2 is 2.17 bits per heavy atom. The van der Waals surface area contributed by atoms with E-state index in [0.29, 0.717) is 13.0 Å². The van der Waals surface area contributed by atoms with Crippen LogP contribution < -0.4 is 5.73 Å². The molecule has 0 aromatic carbocycles. The zero-order chi connectivity index (χ0) is 16.6. The number of amides is 1. The molecule has 0 unspecified atom stereocenters. The van der Waals surface area contributed by atoms with Gasteiger partial charge < -0.3 is 5.73 Å². The second-order valence-corrected chi connectivity index (χ2v) is 5.61. The third-order valence-electron chi connectivity index (χ3n) is 4.00. The number of nitrogens with two attached hydrogens (primary N) is 1. The monoisotopic (exact) mass is 327 g/mol. The van der Waals surface area contributed by atoms with Gasteiger partial charge in [0.05, 0.1) is 18.3 Å². The molecule has 0 bridgehead atoms. The Labute approximate surface area is 130 Å². The standard InChI is InChI=1S/C14H16F3N5O/c15-14(16,17)11-7-9(20-13-19-4-6-22(11)13)10-3-1-2-5-21(10)8-12(18)23/h4,6-7,10H,1-3,5,8H2,(H2,18,23)/t10-/m0/s1. The van der Waals surface area contributed by atoms with Crippen molar-refractivity contribution in [3.8, 4) is 0 Å². The summed E-state index contributed by atoms with van der Waals surface area (Å²) in [4.78, 5) is 21.1. The van der Waals surface area contributed by atoms with E-state index in [-0.39, 0.29) is 24.1 Å². The molecule has 124 valence electrons. The number of alkyl halides is 3. The number of nitrogens with zero attached hydrogens (tertiary/aromatic N) is 4. The molecule has 23 heavy (non-hydrogen) atoms. The highest BCUT2D eigenvalue weighted by molar-refractivity contribution is 5.76. The van der Waals surface area contributed by atoms with Crippen molar-refractivity contribution in [2.24, 2.45) is 5.73 Å². The van der Waals surface area contributed by atoms with Crippen LogP contribution in [0.3, 0.4) is 0 Å². The van der Waals surface area contributed by atoms with Gasteiger partial charge in [0, 0.05) is 12.4 Å². The highest BCUT2D eigenvalue weighted by Gasteiger charge is 2.36. The van der Waals surface area contributed by atoms with Crippen molar-refractivity contribution >= 4 is 11.7 Å². The number of piperidine rings is 1. The average Bonchev–Trinajstić information content (AvgIpc) is 2.93. The molecule has 2 aromatic rings. The number of imidazole rings is 1. The Kier molecular flexibility index (Phi) is 3.97. The zero-order valence-electron chi connectivity index (χ0n) is 12.3. The van der Waals surface area contributed by atoms with Gasteiger partial charge in [0.25, 0.3) is 0 Å². The molecule has 0 saturated carbocycles. The Hall–Kier alpha value is -2.16. The molecule has 0 radical (unpaired) electrons. The first-order valence-electron chi connectivity index (χ1n) is 7.30. The lowest BCUT2D eigenvalue weighted by molar-refractivity contribution is -0.142. The van der Waals surface area contributed by atoms with E-state index in [9.17, 15) is 18.0 Å². The number of rotatable bonds is 3. The molecule has 1 aliphatic heterocycles. The molecule has 9 heteroatoms. The quantitative estimate of drug-likeness (QED) is 0.932. The van der Waals surface area contributed by atoms with E-state index in [1.807, 2.05) is 0 Å². The normalized spacial score (nSPS) is 20.0. The molecule has 6 nitrogen and oxygen atoms in total. The maximum Gasteiger partial charge on any atom is 0.431 e. The van der Waals surface area contributed by atoms with Crippen LogP contribution >= 0.6 is 0 Å². The molecule has 1 atom stereocenters. The largest absolute Gasteiger partial charge is 0.431 e. The summed E-state index contributed by atoms with van der Waals surface area (Å²) in [6.07, 6.45) is 0.374. The fourth-order valence-electron chi connectivity index (χ4n) is 3.03. The average molecular weight is 327 g/mol. The molecule has 3 heterocycles. The SMILES string of the molecule is NC(=O)CN1CCCC[C@H]1c1cc(C(F)(F)F)n2ccnc2n1. The van der Waals surface area contributed by atoms with E-state index in [4.69, 9.17) is 5.73 Å². The molecule has 2 N–H and O–H groups in total. The third-order valence-corrected chi connectivity index (χ3v) is 4.00. The molecule has 0 aliphatic carbocycles. The summed E-state index contributed by atoms with van der Waals surface area (Å²) >= 11 is 0. The van der Waals surface area contributed by atoms with Gasteiger partial charge in [-0.1, -0.05) is 6.42 Å². The number of hydrogen-bond donors (Lipinski definition) is 1. The summed E-state index contributed by atoms with van der Waals surface area (Å²) in [5, 5.41) is 0. The molecular formula is C14H16F3N5O. The molecule has 1 aliphatic rings. The summed E-state index contributed by atoms with van der Waals surface area (Å²) in [5.41, 5.74) is 4.69. The Morgan fingerprint density at radius 3 is 2.87 bits per heavy atom. The molecular weight excluding hydrogens is 311 g/mol. The van der Waals surface area contributed by atoms with Crippen molar-refractivity contribution in [3.63, 3.8) is 0 Å². The first kappa shape index (κ1) is 15.7. The van der Waals surface area contributed by atoms with Gasteiger partial charge in [-0.3, -0.25) is 14.1 Å². The third kappa shape index (κ3) is 3.14. The summed E-state index contributed by atoms with van der Waals surface area (Å²) in [7, 11) is 0. The van der Waals surface area contributed by atoms with E-state index in [0.717, 1.165) is 23.3 Å². The fourth-order valence-corrected chi connectivity index (χ4v) is 3.03. The molecule has 1 fully saturated rings. The summed E-state index contributed by atoms with van der Waals surface area (Å²) in [6, 6.07) is 0.678. The minimum absolute atomic E-state index is 0.000534. The van der Waals surface area contributed by atoms with Crippen molar-refractivity contribution in [1.82, 2.24) is 19.3 Å². The number of aromatic nitrogens is 3. The smallest absolute Gasteiger partial charge is 0.369 e. The van der Waals surface area contributed by atoms with E-state index >= 15 is 0 Å². The van der Waals surface area contributed by atoms with E-state index in [1.165, 1.54) is 12.4 Å². The second-order valence-electron chi connectivity index (χ2n) is 5.61. The topological polar surface area (TPSA) is 76.5 Å². The highest BCUT2D eigenvalue weighted by atomic mass is 19.4. The van der Waals surface area contributed by atoms with Crippen molar-refractivity contribution < 1.29 is 18.0 Å². The highest BCUT2D eigenvalue weighted by Crippen LogP contribution is 2.34. The number of hydrogen-bond acceptors (Lipinski definition) is 4. The molecule has 0 spiro atoms. The van der Waals surface area contributed by atoms with Gasteiger partial charge in [0.1, 0.15) is 5.69 Å². The molecule has 1 amide bonds. The van der Waals surface area contributed by atoms with Crippen LogP contribution in [0.5, 0.6) is 0 Å². The number of carbonyl (C=O) groups is 1. The van der Waals surface area contributed by atoms with Gasteiger partial charge in [0.15, 0.2) is 0 Å². The van der Waals surface area contributed by atoms with Crippen LogP contribution in [-0.2, 0) is 11.0 Å². The first-order valence-corrected chi connectivity index (χ1v) is 7.30. The van der Waals surface area contributed by atoms with Crippen molar-refractivity contribution in [2.75, 3.05) is 13.1 Å². The van der Waals surface area contributed by atoms with E-state index < -0.39 is 17.8 Å². The van der Waals surface area contributed by atoms with Crippen LogP contribution in [0.25, 0.3) is 5.78 Å². The molecule has 2 aromatic heterocycles. The van der Waals surface area contributed by atoms with Gasteiger partial charge in [-0.05, 0) is 25.5 Å². The lowest BCUT2D eigenvalue weighted by atomic mass is 9.98. The van der Waals surface area contributed by atoms with E-state index in [1.54, 1.807) is 4.90 Å². The van der Waals surface area contributed by atoms with Gasteiger partial charge >= 0.3 is 6.18 Å². The van der Waals surface area contributed by atoms with Crippen molar-refractivity contribution in [3.05, 3.63) is 29.8 Å². The molecule has 3 rings (SSSR count). The predicted molar refractivity (Wildman–Crippen MR) is 75.3 cm³/mol. The number of primary amides is 1. The number of likely N-dealkylation sites (tertiary alicyclic amines) is 1. The summed E-state index contributed by atoms with van der Waals surface area (Å²) in [6.45, 7) is 0.615. The van der Waals surface area contributed by atoms with Crippen LogP contribution in [-0.4, -0.2) is 38.3 Å². The van der Waals surface area contributed by atoms with Gasteiger partial charge in [-0.25, -0.2) is 9.97 Å². The maximum absolute atomic E-state index is 13.3.